The highest BCUT2D eigenvalue weighted by molar-refractivity contribution is 7.88. The lowest BCUT2D eigenvalue weighted by molar-refractivity contribution is 0.204. The number of nitrogens with zero attached hydrogens (tertiary/aromatic N) is 5. The summed E-state index contributed by atoms with van der Waals surface area (Å²) in [5.41, 5.74) is 8.27. The van der Waals surface area contributed by atoms with E-state index >= 15 is 0 Å². The minimum absolute atomic E-state index is 0.0533. The normalized spacial score (nSPS) is 15.5. The Kier molecular flexibility index (Phi) is 7.53. The first-order chi connectivity index (χ1) is 18.6. The summed E-state index contributed by atoms with van der Waals surface area (Å²) in [6, 6.07) is 7.15. The number of nitrogens with one attached hydrogen (secondary N) is 1. The van der Waals surface area contributed by atoms with Crippen molar-refractivity contribution < 1.29 is 22.3 Å². The van der Waals surface area contributed by atoms with Gasteiger partial charge in [0, 0.05) is 55.6 Å². The minimum Gasteiger partial charge on any atom is -0.493 e. The molecule has 1 saturated heterocycles. The van der Waals surface area contributed by atoms with E-state index in [0.29, 0.717) is 48.5 Å². The first-order valence-corrected chi connectivity index (χ1v) is 14.3. The Balaban J connectivity index is 1.41. The second-order valence-electron chi connectivity index (χ2n) is 8.84. The van der Waals surface area contributed by atoms with Gasteiger partial charge in [0.05, 0.1) is 29.5 Å². The predicted molar refractivity (Wildman–Crippen MR) is 146 cm³/mol. The number of aromatic amines is 1. The molecule has 1 aromatic carbocycles. The maximum atomic E-state index is 13.9. The number of benzene rings is 1. The zero-order valence-electron chi connectivity index (χ0n) is 20.9. The number of rotatable bonds is 7. The van der Waals surface area contributed by atoms with E-state index in [9.17, 15) is 12.8 Å². The fraction of sp³-hybridized carbons (Fsp3) is 0.292. The van der Waals surface area contributed by atoms with Crippen LogP contribution in [-0.4, -0.2) is 72.4 Å². The fourth-order valence-electron chi connectivity index (χ4n) is 4.37. The van der Waals surface area contributed by atoms with Gasteiger partial charge in [0.1, 0.15) is 16.5 Å². The molecule has 39 heavy (non-hydrogen) atoms. The second-order valence-corrected chi connectivity index (χ2v) is 11.6. The van der Waals surface area contributed by atoms with Gasteiger partial charge < -0.3 is 14.4 Å². The van der Waals surface area contributed by atoms with E-state index in [0.717, 1.165) is 17.6 Å². The zero-order chi connectivity index (χ0) is 27.9. The minimum atomic E-state index is -3.21. The summed E-state index contributed by atoms with van der Waals surface area (Å²) in [7, 11) is -1.74. The van der Waals surface area contributed by atoms with Crippen LogP contribution in [0, 0.1) is 5.95 Å². The van der Waals surface area contributed by atoms with Crippen molar-refractivity contribution in [1.82, 2.24) is 24.5 Å². The molecule has 3 aromatic heterocycles. The number of halogens is 3. The van der Waals surface area contributed by atoms with Crippen molar-refractivity contribution in [3.8, 4) is 22.8 Å². The Morgan fingerprint density at radius 1 is 1.10 bits per heavy atom. The van der Waals surface area contributed by atoms with E-state index < -0.39 is 22.2 Å². The van der Waals surface area contributed by atoms with E-state index in [1.807, 2.05) is 17.0 Å². The predicted octanol–water partition coefficient (Wildman–Crippen LogP) is 3.59. The van der Waals surface area contributed by atoms with Crippen LogP contribution in [0.25, 0.3) is 22.2 Å². The number of pyridine rings is 2. The van der Waals surface area contributed by atoms with Crippen LogP contribution < -0.4 is 20.1 Å². The Morgan fingerprint density at radius 2 is 1.85 bits per heavy atom. The molecule has 4 aromatic rings. The Bertz CT molecular complexity index is 1630. The van der Waals surface area contributed by atoms with Crippen LogP contribution in [0.4, 0.5) is 10.2 Å². The van der Waals surface area contributed by atoms with E-state index in [-0.39, 0.29) is 21.4 Å². The molecule has 0 saturated carbocycles. The third-order valence-corrected chi connectivity index (χ3v) is 8.37. The molecule has 5 rings (SSSR count). The maximum absolute atomic E-state index is 13.9. The summed E-state index contributed by atoms with van der Waals surface area (Å²) >= 11 is 12.2. The van der Waals surface area contributed by atoms with Gasteiger partial charge in [-0.2, -0.15) is 13.8 Å². The maximum Gasteiger partial charge on any atom is 0.232 e. The highest BCUT2D eigenvalue weighted by Crippen LogP contribution is 2.39. The molecular weight excluding hydrogens is 572 g/mol. The summed E-state index contributed by atoms with van der Waals surface area (Å²) in [6.45, 7) is 1.89. The monoisotopic (exact) mass is 595 g/mol. The zero-order valence-corrected chi connectivity index (χ0v) is 23.2. The number of hydrogen-bond donors (Lipinski definition) is 2. The van der Waals surface area contributed by atoms with Gasteiger partial charge in [-0.1, -0.05) is 23.2 Å². The molecule has 0 bridgehead atoms. The first kappa shape index (κ1) is 27.3. The van der Waals surface area contributed by atoms with Gasteiger partial charge in [-0.25, -0.2) is 18.4 Å². The van der Waals surface area contributed by atoms with Crippen LogP contribution in [0.15, 0.2) is 36.7 Å². The van der Waals surface area contributed by atoms with Crippen molar-refractivity contribution in [2.75, 3.05) is 44.4 Å². The van der Waals surface area contributed by atoms with Gasteiger partial charge in [0.2, 0.25) is 16.0 Å². The molecule has 1 aliphatic heterocycles. The molecule has 4 heterocycles. The molecule has 1 fully saturated rings. The van der Waals surface area contributed by atoms with Crippen molar-refractivity contribution in [3.05, 3.63) is 58.2 Å². The van der Waals surface area contributed by atoms with Crippen molar-refractivity contribution in [1.29, 1.82) is 0 Å². The van der Waals surface area contributed by atoms with Crippen molar-refractivity contribution in [2.24, 2.45) is 5.73 Å². The second kappa shape index (κ2) is 10.7. The van der Waals surface area contributed by atoms with Gasteiger partial charge in [0.15, 0.2) is 17.7 Å². The number of fused-ring (bicyclic) bond motifs is 1. The summed E-state index contributed by atoms with van der Waals surface area (Å²) in [5.74, 6) is 0.444. The van der Waals surface area contributed by atoms with Crippen LogP contribution >= 0.6 is 23.2 Å². The van der Waals surface area contributed by atoms with Gasteiger partial charge in [0.25, 0.3) is 0 Å². The molecule has 1 atom stereocenters. The Hall–Kier alpha value is -3.23. The third kappa shape index (κ3) is 5.45. The largest absolute Gasteiger partial charge is 0.493 e. The Morgan fingerprint density at radius 3 is 2.49 bits per heavy atom. The fourth-order valence-corrected chi connectivity index (χ4v) is 5.75. The standard InChI is InChI=1S/C24H24Cl2FN7O4S/c1-37-17-10-16-14(9-18(17)38-24(28)20-15(25)12-30-23(27)21(20)26)22(32-31-16)13-3-4-19(29-11-13)33-5-7-34(8-6-33)39(2,35)36/h3-4,9-12,24H,5-8,28H2,1-2H3,(H,31,32)/t24-/m0/s1. The number of H-pyrrole nitrogens is 1. The molecular formula is C24H24Cl2FN7O4S. The molecule has 0 radical (unpaired) electrons. The SMILES string of the molecule is COc1cc2[nH]nc(-c3ccc(N4CCN(S(C)(=O)=O)CC4)nc3)c2cc1O[C@H](N)c1c(Cl)cnc(F)c1Cl. The molecule has 0 aliphatic carbocycles. The number of anilines is 1. The van der Waals surface area contributed by atoms with E-state index in [1.165, 1.54) is 17.7 Å². The van der Waals surface area contributed by atoms with E-state index in [2.05, 4.69) is 20.2 Å². The van der Waals surface area contributed by atoms with Crippen molar-refractivity contribution >= 4 is 49.9 Å². The topological polar surface area (TPSA) is 140 Å². The van der Waals surface area contributed by atoms with Crippen molar-refractivity contribution in [2.45, 2.75) is 6.23 Å². The van der Waals surface area contributed by atoms with Gasteiger partial charge in [-0.15, -0.1) is 0 Å². The highest BCUT2D eigenvalue weighted by atomic mass is 35.5. The quantitative estimate of drug-likeness (QED) is 0.242. The highest BCUT2D eigenvalue weighted by Gasteiger charge is 2.25. The van der Waals surface area contributed by atoms with Gasteiger partial charge in [-0.05, 0) is 18.2 Å². The van der Waals surface area contributed by atoms with Crippen LogP contribution in [0.3, 0.4) is 0 Å². The van der Waals surface area contributed by atoms with E-state index in [4.69, 9.17) is 38.4 Å². The molecule has 11 nitrogen and oxygen atoms in total. The lowest BCUT2D eigenvalue weighted by Gasteiger charge is -2.33. The summed E-state index contributed by atoms with van der Waals surface area (Å²) in [6.07, 6.45) is 2.81. The average Bonchev–Trinajstić information content (AvgIpc) is 3.33. The number of aromatic nitrogens is 4. The number of methoxy groups -OCH3 is 1. The number of piperazine rings is 1. The molecule has 1 aliphatic rings. The summed E-state index contributed by atoms with van der Waals surface area (Å²) < 4.78 is 50.3. The van der Waals surface area contributed by atoms with Crippen LogP contribution in [0.5, 0.6) is 11.5 Å². The van der Waals surface area contributed by atoms with E-state index in [1.54, 1.807) is 18.3 Å². The molecule has 206 valence electrons. The molecule has 3 N–H and O–H groups in total. The number of nitrogens with two attached hydrogens (primary N) is 1. The van der Waals surface area contributed by atoms with Crippen LogP contribution in [0.1, 0.15) is 11.8 Å². The average molecular weight is 596 g/mol. The smallest absolute Gasteiger partial charge is 0.232 e. The van der Waals surface area contributed by atoms with Crippen LogP contribution in [-0.2, 0) is 10.0 Å². The third-order valence-electron chi connectivity index (χ3n) is 6.40. The molecule has 0 unspecified atom stereocenters. The van der Waals surface area contributed by atoms with Gasteiger partial charge >= 0.3 is 0 Å². The Labute approximate surface area is 233 Å². The molecule has 0 spiro atoms. The van der Waals surface area contributed by atoms with Gasteiger partial charge in [-0.3, -0.25) is 10.8 Å². The van der Waals surface area contributed by atoms with Crippen LogP contribution in [0.2, 0.25) is 10.0 Å². The lowest BCUT2D eigenvalue weighted by Crippen LogP contribution is -2.48. The lowest BCUT2D eigenvalue weighted by atomic mass is 10.1. The number of sulfonamides is 1. The summed E-state index contributed by atoms with van der Waals surface area (Å²) in [5, 5.41) is 7.85. The number of ether oxygens (including phenoxy) is 2. The molecule has 0 amide bonds. The first-order valence-electron chi connectivity index (χ1n) is 11.7. The van der Waals surface area contributed by atoms with Crippen molar-refractivity contribution in [3.63, 3.8) is 0 Å². The number of hydrogen-bond acceptors (Lipinski definition) is 9. The molecule has 15 heteroatoms. The summed E-state index contributed by atoms with van der Waals surface area (Å²) in [4.78, 5) is 10.1.